The highest BCUT2D eigenvalue weighted by Gasteiger charge is 2.27. The quantitative estimate of drug-likeness (QED) is 0.371. The molecule has 2 heterocycles. The third-order valence-corrected chi connectivity index (χ3v) is 5.12. The predicted molar refractivity (Wildman–Crippen MR) is 107 cm³/mol. The molecule has 4 rings (SSSR count). The number of rotatable bonds is 4. The van der Waals surface area contributed by atoms with E-state index < -0.39 is 11.2 Å². The molecule has 0 fully saturated rings. The molecule has 0 amide bonds. The van der Waals surface area contributed by atoms with Gasteiger partial charge < -0.3 is 10.1 Å². The number of halogens is 1. The SMILES string of the molecule is CCSc1nnc2c(n1)O[C@H](c1ccc(Cl)c([N+](=O)[O-])c1)Nc1ccccc1-2. The summed E-state index contributed by atoms with van der Waals surface area (Å²) in [7, 11) is 0. The molecule has 1 aliphatic heterocycles. The second-order valence-corrected chi connectivity index (χ2v) is 7.48. The van der Waals surface area contributed by atoms with Crippen LogP contribution in [0.25, 0.3) is 11.3 Å². The zero-order valence-corrected chi connectivity index (χ0v) is 16.2. The fourth-order valence-corrected chi connectivity index (χ4v) is 3.51. The maximum Gasteiger partial charge on any atom is 0.288 e. The van der Waals surface area contributed by atoms with E-state index in [2.05, 4.69) is 20.5 Å². The Bertz CT molecular complexity index is 1070. The number of hydrogen-bond donors (Lipinski definition) is 1. The molecule has 0 saturated heterocycles. The third-order valence-electron chi connectivity index (χ3n) is 4.08. The molecular formula is C18H14ClN5O3S. The number of hydrogen-bond acceptors (Lipinski definition) is 8. The molecular weight excluding hydrogens is 402 g/mol. The smallest absolute Gasteiger partial charge is 0.288 e. The van der Waals surface area contributed by atoms with Crippen molar-refractivity contribution in [1.82, 2.24) is 15.2 Å². The first kappa shape index (κ1) is 18.5. The predicted octanol–water partition coefficient (Wildman–Crippen LogP) is 4.72. The number of para-hydroxylation sites is 1. The average Bonchev–Trinajstić information content (AvgIpc) is 2.85. The minimum absolute atomic E-state index is 0.0637. The maximum atomic E-state index is 11.3. The highest BCUT2D eigenvalue weighted by atomic mass is 35.5. The fraction of sp³-hybridized carbons (Fsp3) is 0.167. The Hall–Kier alpha value is -2.91. The van der Waals surface area contributed by atoms with Gasteiger partial charge in [-0.2, -0.15) is 4.98 Å². The number of nitrogens with zero attached hydrogens (tertiary/aromatic N) is 4. The fourth-order valence-electron chi connectivity index (χ4n) is 2.82. The molecule has 0 radical (unpaired) electrons. The van der Waals surface area contributed by atoms with Crippen LogP contribution >= 0.6 is 23.4 Å². The van der Waals surface area contributed by atoms with Gasteiger partial charge in [-0.15, -0.1) is 10.2 Å². The molecule has 0 spiro atoms. The van der Waals surface area contributed by atoms with Crippen molar-refractivity contribution < 1.29 is 9.66 Å². The van der Waals surface area contributed by atoms with Crippen molar-refractivity contribution in [2.45, 2.75) is 18.3 Å². The first-order chi connectivity index (χ1) is 13.6. The monoisotopic (exact) mass is 415 g/mol. The molecule has 0 aliphatic carbocycles. The number of ether oxygens (including phenoxy) is 1. The zero-order chi connectivity index (χ0) is 19.7. The maximum absolute atomic E-state index is 11.3. The summed E-state index contributed by atoms with van der Waals surface area (Å²) in [6.45, 7) is 1.99. The van der Waals surface area contributed by atoms with Gasteiger partial charge >= 0.3 is 0 Å². The number of anilines is 1. The van der Waals surface area contributed by atoms with Crippen molar-refractivity contribution in [3.05, 3.63) is 63.2 Å². The summed E-state index contributed by atoms with van der Waals surface area (Å²) >= 11 is 7.39. The summed E-state index contributed by atoms with van der Waals surface area (Å²) in [6, 6.07) is 12.1. The van der Waals surface area contributed by atoms with E-state index in [0.717, 1.165) is 17.0 Å². The van der Waals surface area contributed by atoms with E-state index in [-0.39, 0.29) is 10.7 Å². The van der Waals surface area contributed by atoms with Gasteiger partial charge in [0, 0.05) is 22.9 Å². The van der Waals surface area contributed by atoms with Crippen LogP contribution in [0.3, 0.4) is 0 Å². The molecule has 3 aromatic rings. The lowest BCUT2D eigenvalue weighted by molar-refractivity contribution is -0.384. The van der Waals surface area contributed by atoms with Crippen molar-refractivity contribution in [3.63, 3.8) is 0 Å². The van der Waals surface area contributed by atoms with Gasteiger partial charge in [0.15, 0.2) is 11.9 Å². The van der Waals surface area contributed by atoms with Crippen LogP contribution in [-0.2, 0) is 0 Å². The number of thioether (sulfide) groups is 1. The van der Waals surface area contributed by atoms with Crippen LogP contribution in [0.1, 0.15) is 18.7 Å². The van der Waals surface area contributed by atoms with Gasteiger partial charge in [0.1, 0.15) is 5.02 Å². The molecule has 28 heavy (non-hydrogen) atoms. The van der Waals surface area contributed by atoms with Crippen molar-refractivity contribution in [1.29, 1.82) is 0 Å². The van der Waals surface area contributed by atoms with Gasteiger partial charge in [-0.1, -0.05) is 54.6 Å². The Morgan fingerprint density at radius 1 is 1.29 bits per heavy atom. The van der Waals surface area contributed by atoms with Gasteiger partial charge in [-0.3, -0.25) is 10.1 Å². The summed E-state index contributed by atoms with van der Waals surface area (Å²) in [5, 5.41) is 23.5. The summed E-state index contributed by atoms with van der Waals surface area (Å²) in [4.78, 5) is 15.2. The summed E-state index contributed by atoms with van der Waals surface area (Å²) in [6.07, 6.45) is -0.713. The van der Waals surface area contributed by atoms with Crippen LogP contribution in [0.5, 0.6) is 5.88 Å². The van der Waals surface area contributed by atoms with Crippen molar-refractivity contribution in [3.8, 4) is 17.1 Å². The lowest BCUT2D eigenvalue weighted by atomic mass is 10.1. The lowest BCUT2D eigenvalue weighted by Crippen LogP contribution is -2.17. The van der Waals surface area contributed by atoms with E-state index in [1.165, 1.54) is 23.9 Å². The number of benzene rings is 2. The Morgan fingerprint density at radius 2 is 2.11 bits per heavy atom. The second-order valence-electron chi connectivity index (χ2n) is 5.84. The van der Waals surface area contributed by atoms with E-state index in [1.54, 1.807) is 6.07 Å². The minimum Gasteiger partial charge on any atom is -0.448 e. The minimum atomic E-state index is -0.713. The molecule has 0 bridgehead atoms. The number of fused-ring (bicyclic) bond motifs is 3. The molecule has 0 saturated carbocycles. The van der Waals surface area contributed by atoms with Crippen LogP contribution in [0.2, 0.25) is 5.02 Å². The van der Waals surface area contributed by atoms with Crippen molar-refractivity contribution in [2.24, 2.45) is 0 Å². The third kappa shape index (κ3) is 3.46. The van der Waals surface area contributed by atoms with Crippen LogP contribution < -0.4 is 10.1 Å². The Balaban J connectivity index is 1.83. The van der Waals surface area contributed by atoms with E-state index in [9.17, 15) is 10.1 Å². The lowest BCUT2D eigenvalue weighted by Gasteiger charge is -2.19. The molecule has 1 aromatic heterocycles. The van der Waals surface area contributed by atoms with Crippen LogP contribution in [0.4, 0.5) is 11.4 Å². The highest BCUT2D eigenvalue weighted by Crippen LogP contribution is 2.40. The van der Waals surface area contributed by atoms with Crippen molar-refractivity contribution in [2.75, 3.05) is 11.1 Å². The average molecular weight is 416 g/mol. The molecule has 8 nitrogen and oxygen atoms in total. The molecule has 0 unspecified atom stereocenters. The van der Waals surface area contributed by atoms with Gasteiger partial charge in [0.2, 0.25) is 11.0 Å². The van der Waals surface area contributed by atoms with Crippen LogP contribution in [0.15, 0.2) is 47.6 Å². The second kappa shape index (κ2) is 7.61. The first-order valence-electron chi connectivity index (χ1n) is 8.40. The van der Waals surface area contributed by atoms with Gasteiger partial charge in [0.05, 0.1) is 4.92 Å². The number of nitrogens with one attached hydrogen (secondary N) is 1. The largest absolute Gasteiger partial charge is 0.448 e. The first-order valence-corrected chi connectivity index (χ1v) is 9.77. The van der Waals surface area contributed by atoms with Gasteiger partial charge in [-0.05, 0) is 17.9 Å². The Labute approximate surface area is 169 Å². The summed E-state index contributed by atoms with van der Waals surface area (Å²) < 4.78 is 6.08. The van der Waals surface area contributed by atoms with Crippen molar-refractivity contribution >= 4 is 34.7 Å². The molecule has 142 valence electrons. The molecule has 2 aromatic carbocycles. The topological polar surface area (TPSA) is 103 Å². The van der Waals surface area contributed by atoms with Crippen LogP contribution in [0, 0.1) is 10.1 Å². The van der Waals surface area contributed by atoms with Gasteiger partial charge in [0.25, 0.3) is 5.69 Å². The molecule has 10 heteroatoms. The standard InChI is InChI=1S/C18H14ClN5O3S/c1-2-28-18-21-17-15(22-23-18)11-5-3-4-6-13(11)20-16(27-17)10-7-8-12(19)14(9-10)24(25)26/h3-9,16,20H,2H2,1H3/t16-/m1/s1. The highest BCUT2D eigenvalue weighted by molar-refractivity contribution is 7.99. The Kier molecular flexibility index (Phi) is 5.01. The normalized spacial score (nSPS) is 14.9. The zero-order valence-electron chi connectivity index (χ0n) is 14.6. The molecule has 1 atom stereocenters. The number of aromatic nitrogens is 3. The molecule has 1 aliphatic rings. The number of nitro benzene ring substituents is 1. The van der Waals surface area contributed by atoms with E-state index >= 15 is 0 Å². The van der Waals surface area contributed by atoms with Crippen LogP contribution in [-0.4, -0.2) is 25.9 Å². The summed E-state index contributed by atoms with van der Waals surface area (Å²) in [5.74, 6) is 1.10. The number of nitro groups is 1. The molecule has 1 N–H and O–H groups in total. The van der Waals surface area contributed by atoms with E-state index in [0.29, 0.717) is 22.3 Å². The Morgan fingerprint density at radius 3 is 2.89 bits per heavy atom. The summed E-state index contributed by atoms with van der Waals surface area (Å²) in [5.41, 5.74) is 2.41. The van der Waals surface area contributed by atoms with E-state index in [1.807, 2.05) is 31.2 Å². The van der Waals surface area contributed by atoms with Gasteiger partial charge in [-0.25, -0.2) is 0 Å². The van der Waals surface area contributed by atoms with E-state index in [4.69, 9.17) is 16.3 Å².